The molecule has 0 radical (unpaired) electrons. The van der Waals surface area contributed by atoms with Gasteiger partial charge in [-0.25, -0.2) is 0 Å². The molecule has 1 saturated carbocycles. The van der Waals surface area contributed by atoms with Crippen molar-refractivity contribution in [3.63, 3.8) is 0 Å². The quantitative estimate of drug-likeness (QED) is 0.568. The van der Waals surface area contributed by atoms with Crippen molar-refractivity contribution in [2.45, 2.75) is 51.0 Å². The van der Waals surface area contributed by atoms with Crippen molar-refractivity contribution in [3.8, 4) is 0 Å². The average Bonchev–Trinajstić information content (AvgIpc) is 3.09. The minimum atomic E-state index is -0.491. The third-order valence-electron chi connectivity index (χ3n) is 4.22. The molecule has 1 aliphatic carbocycles. The van der Waals surface area contributed by atoms with Gasteiger partial charge in [-0.3, -0.25) is 14.6 Å². The summed E-state index contributed by atoms with van der Waals surface area (Å²) in [5, 5.41) is 2.95. The Hall–Kier alpha value is -1.75. The van der Waals surface area contributed by atoms with E-state index >= 15 is 0 Å². The summed E-state index contributed by atoms with van der Waals surface area (Å²) in [5.41, 5.74) is 5.93. The molecule has 5 nitrogen and oxygen atoms in total. The number of carbonyl (C=O) groups is 2. The van der Waals surface area contributed by atoms with Crippen LogP contribution in [-0.2, 0) is 4.79 Å². The first-order valence-electron chi connectivity index (χ1n) is 8.18. The second-order valence-electron chi connectivity index (χ2n) is 5.91. The van der Waals surface area contributed by atoms with E-state index < -0.39 is 6.04 Å². The van der Waals surface area contributed by atoms with E-state index in [-0.39, 0.29) is 17.6 Å². The summed E-state index contributed by atoms with van der Waals surface area (Å²) in [5.74, 6) is -0.0305. The van der Waals surface area contributed by atoms with E-state index in [1.54, 1.807) is 24.4 Å². The summed E-state index contributed by atoms with van der Waals surface area (Å²) in [6.07, 6.45) is 7.95. The Bertz CT molecular complexity index is 484. The number of ketones is 1. The molecule has 1 aromatic heterocycles. The number of aromatic nitrogens is 1. The van der Waals surface area contributed by atoms with E-state index in [1.807, 2.05) is 0 Å². The van der Waals surface area contributed by atoms with Gasteiger partial charge in [0, 0.05) is 12.1 Å². The van der Waals surface area contributed by atoms with E-state index in [1.165, 1.54) is 0 Å². The molecule has 0 aromatic carbocycles. The summed E-state index contributed by atoms with van der Waals surface area (Å²) < 4.78 is 0. The van der Waals surface area contributed by atoms with Crippen LogP contribution in [0.2, 0.25) is 0 Å². The Labute approximate surface area is 131 Å². The van der Waals surface area contributed by atoms with E-state index in [4.69, 9.17) is 5.73 Å². The van der Waals surface area contributed by atoms with Gasteiger partial charge in [-0.15, -0.1) is 0 Å². The number of carbonyl (C=O) groups excluding carboxylic acids is 2. The maximum absolute atomic E-state index is 12.6. The maximum atomic E-state index is 12.6. The van der Waals surface area contributed by atoms with Crippen LogP contribution in [0.1, 0.15) is 55.4 Å². The fourth-order valence-corrected chi connectivity index (χ4v) is 2.93. The van der Waals surface area contributed by atoms with Crippen molar-refractivity contribution in [1.29, 1.82) is 0 Å². The first kappa shape index (κ1) is 16.6. The van der Waals surface area contributed by atoms with Crippen molar-refractivity contribution >= 4 is 11.7 Å². The lowest BCUT2D eigenvalue weighted by Crippen LogP contribution is -2.43. The lowest BCUT2D eigenvalue weighted by atomic mass is 10.0. The molecule has 2 rings (SSSR count). The number of rotatable bonds is 8. The second kappa shape index (κ2) is 8.63. The molecule has 0 spiro atoms. The number of hydrogen-bond donors (Lipinski definition) is 2. The Kier molecular flexibility index (Phi) is 6.52. The van der Waals surface area contributed by atoms with Gasteiger partial charge in [0.15, 0.2) is 0 Å². The first-order valence-corrected chi connectivity index (χ1v) is 8.18. The van der Waals surface area contributed by atoms with Crippen molar-refractivity contribution in [2.24, 2.45) is 11.7 Å². The monoisotopic (exact) mass is 303 g/mol. The van der Waals surface area contributed by atoms with Crippen LogP contribution >= 0.6 is 0 Å². The van der Waals surface area contributed by atoms with Gasteiger partial charge in [0.05, 0.1) is 6.04 Å². The standard InChI is InChI=1S/C17H25N3O2/c18-11-5-3-10-15(16(21)14-9-4-6-12-19-14)20-17(22)13-7-1-2-8-13/h4,6,9,12-13,15H,1-3,5,7-8,10-11,18H2,(H,20,22). The molecular weight excluding hydrogens is 278 g/mol. The van der Waals surface area contributed by atoms with Crippen LogP contribution in [0, 0.1) is 5.92 Å². The molecular formula is C17H25N3O2. The molecule has 1 heterocycles. The highest BCUT2D eigenvalue weighted by atomic mass is 16.2. The summed E-state index contributed by atoms with van der Waals surface area (Å²) in [6, 6.07) is 4.77. The van der Waals surface area contributed by atoms with Gasteiger partial charge < -0.3 is 11.1 Å². The largest absolute Gasteiger partial charge is 0.346 e. The zero-order valence-corrected chi connectivity index (χ0v) is 13.0. The average molecular weight is 303 g/mol. The lowest BCUT2D eigenvalue weighted by molar-refractivity contribution is -0.125. The molecule has 120 valence electrons. The highest BCUT2D eigenvalue weighted by Gasteiger charge is 2.28. The highest BCUT2D eigenvalue weighted by Crippen LogP contribution is 2.25. The molecule has 1 fully saturated rings. The number of hydrogen-bond acceptors (Lipinski definition) is 4. The number of nitrogens with zero attached hydrogens (tertiary/aromatic N) is 1. The van der Waals surface area contributed by atoms with Crippen LogP contribution in [0.5, 0.6) is 0 Å². The van der Waals surface area contributed by atoms with E-state index in [9.17, 15) is 9.59 Å². The molecule has 5 heteroatoms. The van der Waals surface area contributed by atoms with Crippen LogP contribution < -0.4 is 11.1 Å². The van der Waals surface area contributed by atoms with Gasteiger partial charge in [0.1, 0.15) is 5.69 Å². The summed E-state index contributed by atoms with van der Waals surface area (Å²) in [7, 11) is 0. The number of nitrogens with two attached hydrogens (primary N) is 1. The summed E-state index contributed by atoms with van der Waals surface area (Å²) >= 11 is 0. The first-order chi connectivity index (χ1) is 10.7. The third kappa shape index (κ3) is 4.63. The van der Waals surface area contributed by atoms with Crippen molar-refractivity contribution in [3.05, 3.63) is 30.1 Å². The SMILES string of the molecule is NCCCCC(NC(=O)C1CCCC1)C(=O)c1ccccn1. The Morgan fingerprint density at radius 2 is 2.05 bits per heavy atom. The molecule has 1 aliphatic rings. The van der Waals surface area contributed by atoms with Crippen LogP contribution in [0.4, 0.5) is 0 Å². The van der Waals surface area contributed by atoms with Gasteiger partial charge in [-0.1, -0.05) is 18.9 Å². The molecule has 0 saturated heterocycles. The number of Topliss-reactive ketones (excluding diaryl/α,β-unsaturated/α-hetero) is 1. The van der Waals surface area contributed by atoms with Crippen LogP contribution in [-0.4, -0.2) is 29.3 Å². The molecule has 1 atom stereocenters. The molecule has 3 N–H and O–H groups in total. The molecule has 22 heavy (non-hydrogen) atoms. The van der Waals surface area contributed by atoms with Crippen molar-refractivity contribution in [2.75, 3.05) is 6.54 Å². The fourth-order valence-electron chi connectivity index (χ4n) is 2.93. The van der Waals surface area contributed by atoms with Gasteiger partial charge >= 0.3 is 0 Å². The normalized spacial score (nSPS) is 16.4. The maximum Gasteiger partial charge on any atom is 0.223 e. The van der Waals surface area contributed by atoms with Gasteiger partial charge in [-0.05, 0) is 50.8 Å². The lowest BCUT2D eigenvalue weighted by Gasteiger charge is -2.19. The smallest absolute Gasteiger partial charge is 0.223 e. The van der Waals surface area contributed by atoms with Crippen molar-refractivity contribution < 1.29 is 9.59 Å². The topological polar surface area (TPSA) is 85.1 Å². The van der Waals surface area contributed by atoms with E-state index in [2.05, 4.69) is 10.3 Å². The zero-order chi connectivity index (χ0) is 15.8. The Morgan fingerprint density at radius 1 is 1.27 bits per heavy atom. The highest BCUT2D eigenvalue weighted by molar-refractivity contribution is 6.00. The van der Waals surface area contributed by atoms with Gasteiger partial charge in [0.25, 0.3) is 0 Å². The molecule has 0 bridgehead atoms. The Morgan fingerprint density at radius 3 is 2.68 bits per heavy atom. The third-order valence-corrected chi connectivity index (χ3v) is 4.22. The fraction of sp³-hybridized carbons (Fsp3) is 0.588. The number of pyridine rings is 1. The Balaban J connectivity index is 2.01. The van der Waals surface area contributed by atoms with E-state index in [0.29, 0.717) is 18.7 Å². The molecule has 1 aromatic rings. The van der Waals surface area contributed by atoms with Gasteiger partial charge in [-0.2, -0.15) is 0 Å². The summed E-state index contributed by atoms with van der Waals surface area (Å²) in [4.78, 5) is 29.0. The van der Waals surface area contributed by atoms with Crippen LogP contribution in [0.15, 0.2) is 24.4 Å². The van der Waals surface area contributed by atoms with E-state index in [0.717, 1.165) is 38.5 Å². The zero-order valence-electron chi connectivity index (χ0n) is 13.0. The minimum Gasteiger partial charge on any atom is -0.346 e. The molecule has 1 unspecified atom stereocenters. The minimum absolute atomic E-state index is 0.0135. The number of amides is 1. The second-order valence-corrected chi connectivity index (χ2v) is 5.91. The summed E-state index contributed by atoms with van der Waals surface area (Å²) in [6.45, 7) is 0.598. The number of unbranched alkanes of at least 4 members (excludes halogenated alkanes) is 1. The predicted octanol–water partition coefficient (Wildman–Crippen LogP) is 2.07. The predicted molar refractivity (Wildman–Crippen MR) is 85.4 cm³/mol. The molecule has 1 amide bonds. The van der Waals surface area contributed by atoms with Gasteiger partial charge in [0.2, 0.25) is 11.7 Å². The van der Waals surface area contributed by atoms with Crippen LogP contribution in [0.3, 0.4) is 0 Å². The van der Waals surface area contributed by atoms with Crippen LogP contribution in [0.25, 0.3) is 0 Å². The van der Waals surface area contributed by atoms with Crippen molar-refractivity contribution in [1.82, 2.24) is 10.3 Å². The number of nitrogens with one attached hydrogen (secondary N) is 1. The molecule has 0 aliphatic heterocycles.